The number of aryl methyl sites for hydroxylation is 1. The van der Waals surface area contributed by atoms with Crippen LogP contribution in [-0.4, -0.2) is 17.2 Å². The van der Waals surface area contributed by atoms with Gasteiger partial charge in [0.05, 0.1) is 10.3 Å². The highest BCUT2D eigenvalue weighted by Gasteiger charge is 2.59. The van der Waals surface area contributed by atoms with Crippen molar-refractivity contribution in [2.75, 3.05) is 11.4 Å². The van der Waals surface area contributed by atoms with Crippen LogP contribution in [0.5, 0.6) is 5.75 Å². The molecule has 0 N–H and O–H groups in total. The zero-order valence-corrected chi connectivity index (χ0v) is 26.8. The Labute approximate surface area is 254 Å². The lowest BCUT2D eigenvalue weighted by molar-refractivity contribution is -0.384. The molecule has 42 heavy (non-hydrogen) atoms. The molecule has 0 radical (unpaired) electrons. The van der Waals surface area contributed by atoms with E-state index in [0.29, 0.717) is 5.75 Å². The molecule has 2 aliphatic rings. The first-order valence-electron chi connectivity index (χ1n) is 16.9. The van der Waals surface area contributed by atoms with E-state index >= 15 is 0 Å². The monoisotopic (exact) mass is 574 g/mol. The Balaban J connectivity index is 1.26. The first-order chi connectivity index (χ1) is 20.3. The smallest absolute Gasteiger partial charge is 0.270 e. The number of hydrogen-bond acceptors (Lipinski definition) is 4. The van der Waals surface area contributed by atoms with Crippen molar-refractivity contribution in [2.45, 2.75) is 142 Å². The summed E-state index contributed by atoms with van der Waals surface area (Å²) in [5, 5.41) is 11.3. The maximum absolute atomic E-state index is 11.3. The van der Waals surface area contributed by atoms with Gasteiger partial charge >= 0.3 is 0 Å². The van der Waals surface area contributed by atoms with E-state index in [9.17, 15) is 10.1 Å². The molecule has 0 saturated heterocycles. The lowest BCUT2D eigenvalue weighted by Crippen LogP contribution is -2.59. The Kier molecular flexibility index (Phi) is 11.5. The molecule has 2 aromatic rings. The van der Waals surface area contributed by atoms with Crippen LogP contribution in [-0.2, 0) is 5.41 Å². The number of fused-ring (bicyclic) bond motifs is 2. The molecule has 2 aromatic carbocycles. The molecule has 1 spiro atoms. The fourth-order valence-electron chi connectivity index (χ4n) is 7.07. The Bertz CT molecular complexity index is 1200. The van der Waals surface area contributed by atoms with Gasteiger partial charge < -0.3 is 9.64 Å². The fourth-order valence-corrected chi connectivity index (χ4v) is 7.07. The molecule has 0 amide bonds. The van der Waals surface area contributed by atoms with Crippen LogP contribution in [0.3, 0.4) is 0 Å². The highest BCUT2D eigenvalue weighted by molar-refractivity contribution is 5.75. The van der Waals surface area contributed by atoms with E-state index in [1.165, 1.54) is 113 Å². The molecule has 0 bridgehead atoms. The van der Waals surface area contributed by atoms with Crippen LogP contribution in [0.25, 0.3) is 6.08 Å². The Morgan fingerprint density at radius 1 is 0.810 bits per heavy atom. The second kappa shape index (κ2) is 15.1. The van der Waals surface area contributed by atoms with Crippen molar-refractivity contribution in [3.8, 4) is 5.75 Å². The van der Waals surface area contributed by atoms with E-state index in [4.69, 9.17) is 4.74 Å². The highest BCUT2D eigenvalue weighted by atomic mass is 16.6. The number of nitrogens with zero attached hydrogens (tertiary/aromatic N) is 2. The lowest BCUT2D eigenvalue weighted by atomic mass is 9.76. The van der Waals surface area contributed by atoms with Crippen molar-refractivity contribution in [3.63, 3.8) is 0 Å². The molecular formula is C37H54N2O3. The van der Waals surface area contributed by atoms with Crippen LogP contribution >= 0.6 is 0 Å². The molecule has 5 nitrogen and oxygen atoms in total. The van der Waals surface area contributed by atoms with E-state index in [1.54, 1.807) is 18.2 Å². The Morgan fingerprint density at radius 2 is 1.38 bits per heavy atom. The predicted molar refractivity (Wildman–Crippen MR) is 177 cm³/mol. The quantitative estimate of drug-likeness (QED) is 0.101. The molecule has 230 valence electrons. The van der Waals surface area contributed by atoms with E-state index in [-0.39, 0.29) is 16.0 Å². The van der Waals surface area contributed by atoms with Gasteiger partial charge in [0.1, 0.15) is 5.75 Å². The topological polar surface area (TPSA) is 55.6 Å². The minimum absolute atomic E-state index is 0.0905. The van der Waals surface area contributed by atoms with Crippen LogP contribution < -0.4 is 9.64 Å². The number of rotatable bonds is 18. The third kappa shape index (κ3) is 7.21. The van der Waals surface area contributed by atoms with Gasteiger partial charge in [-0.25, -0.2) is 0 Å². The number of unbranched alkanes of at least 4 members (excludes halogenated alkanes) is 15. The second-order valence-corrected chi connectivity index (χ2v) is 13.2. The number of anilines is 1. The highest BCUT2D eigenvalue weighted by Crippen LogP contribution is 2.56. The van der Waals surface area contributed by atoms with Crippen LogP contribution in [0.4, 0.5) is 11.4 Å². The lowest BCUT2D eigenvalue weighted by Gasteiger charge is -2.47. The number of para-hydroxylation sites is 1. The van der Waals surface area contributed by atoms with Gasteiger partial charge in [0, 0.05) is 29.9 Å². The van der Waals surface area contributed by atoms with Gasteiger partial charge in [-0.05, 0) is 56.5 Å². The van der Waals surface area contributed by atoms with Crippen molar-refractivity contribution in [1.29, 1.82) is 0 Å². The number of nitro benzene ring substituents is 1. The molecule has 1 atom stereocenters. The molecule has 0 saturated carbocycles. The molecule has 4 rings (SSSR count). The number of nitro groups is 1. The molecule has 0 aromatic heterocycles. The van der Waals surface area contributed by atoms with Crippen molar-refractivity contribution in [1.82, 2.24) is 0 Å². The third-order valence-electron chi connectivity index (χ3n) is 9.67. The SMILES string of the molecule is CCCCCCCCCCCCCCCCCCN1c2c(C)cccc2C(C)(C)C12C=Cc1cc([N+](=O)[O-])ccc1O2. The molecule has 1 unspecified atom stereocenters. The standard InChI is InChI=1S/C37H54N2O3/c1-5-6-7-8-9-10-11-12-13-14-15-16-17-18-19-20-28-38-35-30(2)22-21-23-33(35)36(3,4)37(38)27-26-31-29-32(39(40)41)24-25-34(31)42-37/h21-27,29H,5-20,28H2,1-4H3. The Hall–Kier alpha value is -2.82. The van der Waals surface area contributed by atoms with Crippen molar-refractivity contribution < 1.29 is 9.66 Å². The minimum Gasteiger partial charge on any atom is -0.463 e. The van der Waals surface area contributed by atoms with Gasteiger partial charge in [0.25, 0.3) is 5.69 Å². The minimum atomic E-state index is -0.667. The van der Waals surface area contributed by atoms with E-state index in [1.807, 2.05) is 6.08 Å². The fraction of sp³-hybridized carbons (Fsp3) is 0.622. The van der Waals surface area contributed by atoms with Crippen LogP contribution in [0.15, 0.2) is 42.5 Å². The maximum atomic E-state index is 11.3. The molecule has 2 aliphatic heterocycles. The molecule has 2 heterocycles. The second-order valence-electron chi connectivity index (χ2n) is 13.2. The first kappa shape index (κ1) is 32.1. The van der Waals surface area contributed by atoms with Gasteiger partial charge in [0.2, 0.25) is 5.72 Å². The number of ether oxygens (including phenoxy) is 1. The third-order valence-corrected chi connectivity index (χ3v) is 9.67. The summed E-state index contributed by atoms with van der Waals surface area (Å²) in [5.74, 6) is 0.707. The van der Waals surface area contributed by atoms with E-state index < -0.39 is 5.72 Å². The zero-order chi connectivity index (χ0) is 30.0. The summed E-state index contributed by atoms with van der Waals surface area (Å²) in [4.78, 5) is 13.5. The van der Waals surface area contributed by atoms with E-state index in [0.717, 1.165) is 18.5 Å². The van der Waals surface area contributed by atoms with E-state index in [2.05, 4.69) is 56.9 Å². The maximum Gasteiger partial charge on any atom is 0.270 e. The van der Waals surface area contributed by atoms with Crippen LogP contribution in [0.1, 0.15) is 140 Å². The summed E-state index contributed by atoms with van der Waals surface area (Å²) in [6.45, 7) is 9.93. The number of hydrogen-bond donors (Lipinski definition) is 0. The molecule has 0 fully saturated rings. The summed E-state index contributed by atoms with van der Waals surface area (Å²) in [6.07, 6.45) is 26.0. The van der Waals surface area contributed by atoms with Crippen LogP contribution in [0, 0.1) is 17.0 Å². The molecule has 0 aliphatic carbocycles. The summed E-state index contributed by atoms with van der Waals surface area (Å²) >= 11 is 0. The summed E-state index contributed by atoms with van der Waals surface area (Å²) in [5.41, 5.74) is 3.74. The number of non-ortho nitro benzene ring substituents is 1. The van der Waals surface area contributed by atoms with Gasteiger partial charge in [-0.15, -0.1) is 0 Å². The van der Waals surface area contributed by atoms with Gasteiger partial charge in [-0.3, -0.25) is 10.1 Å². The van der Waals surface area contributed by atoms with Crippen molar-refractivity contribution in [3.05, 3.63) is 69.3 Å². The number of benzene rings is 2. The normalized spacial score (nSPS) is 18.2. The summed E-state index contributed by atoms with van der Waals surface area (Å²) in [6, 6.07) is 11.5. The summed E-state index contributed by atoms with van der Waals surface area (Å²) in [7, 11) is 0. The van der Waals surface area contributed by atoms with Gasteiger partial charge in [-0.2, -0.15) is 0 Å². The Morgan fingerprint density at radius 3 is 1.95 bits per heavy atom. The average molecular weight is 575 g/mol. The van der Waals surface area contributed by atoms with Gasteiger partial charge in [0.15, 0.2) is 0 Å². The predicted octanol–water partition coefficient (Wildman–Crippen LogP) is 11.1. The van der Waals surface area contributed by atoms with Gasteiger partial charge in [-0.1, -0.05) is 121 Å². The van der Waals surface area contributed by atoms with Crippen molar-refractivity contribution in [2.24, 2.45) is 0 Å². The average Bonchev–Trinajstić information content (AvgIpc) is 3.15. The zero-order valence-electron chi connectivity index (χ0n) is 26.8. The summed E-state index contributed by atoms with van der Waals surface area (Å²) < 4.78 is 6.88. The largest absolute Gasteiger partial charge is 0.463 e. The first-order valence-corrected chi connectivity index (χ1v) is 16.9. The van der Waals surface area contributed by atoms with Crippen molar-refractivity contribution >= 4 is 17.5 Å². The van der Waals surface area contributed by atoms with Crippen LogP contribution in [0.2, 0.25) is 0 Å². The molecule has 5 heteroatoms. The molecular weight excluding hydrogens is 520 g/mol.